The van der Waals surface area contributed by atoms with Gasteiger partial charge in [0.2, 0.25) is 0 Å². The zero-order valence-corrected chi connectivity index (χ0v) is 18.3. The molecule has 1 aliphatic rings. The van der Waals surface area contributed by atoms with E-state index in [2.05, 4.69) is 5.32 Å². The maximum absolute atomic E-state index is 12.8. The Hall–Kier alpha value is -3.61. The van der Waals surface area contributed by atoms with Gasteiger partial charge in [-0.1, -0.05) is 41.4 Å². The molecule has 32 heavy (non-hydrogen) atoms. The lowest BCUT2D eigenvalue weighted by molar-refractivity contribution is -0.120. The highest BCUT2D eigenvalue weighted by Gasteiger charge is 2.38. The molecule has 1 heterocycles. The maximum Gasteiger partial charge on any atom is 0.343 e. The largest absolute Gasteiger partial charge is 0.423 e. The van der Waals surface area contributed by atoms with Crippen LogP contribution in [-0.4, -0.2) is 17.8 Å². The number of amides is 2. The van der Waals surface area contributed by atoms with Gasteiger partial charge in [0, 0.05) is 10.7 Å². The van der Waals surface area contributed by atoms with Crippen molar-refractivity contribution >= 4 is 52.4 Å². The summed E-state index contributed by atoms with van der Waals surface area (Å²) in [4.78, 5) is 38.7. The van der Waals surface area contributed by atoms with Crippen LogP contribution < -0.4 is 15.0 Å². The van der Waals surface area contributed by atoms with Gasteiger partial charge in [-0.2, -0.15) is 0 Å². The molecule has 1 N–H and O–H groups in total. The van der Waals surface area contributed by atoms with Gasteiger partial charge >= 0.3 is 5.97 Å². The monoisotopic (exact) mass is 466 g/mol. The van der Waals surface area contributed by atoms with Crippen LogP contribution in [0.1, 0.15) is 15.9 Å². The van der Waals surface area contributed by atoms with E-state index in [0.29, 0.717) is 27.7 Å². The number of hydrogen-bond donors (Lipinski definition) is 1. The first-order valence-electron chi connectivity index (χ1n) is 9.54. The number of benzene rings is 3. The maximum atomic E-state index is 12.8. The van der Waals surface area contributed by atoms with Crippen molar-refractivity contribution in [2.45, 2.75) is 6.92 Å². The van der Waals surface area contributed by atoms with Gasteiger partial charge in [0.1, 0.15) is 16.5 Å². The second kappa shape index (κ2) is 8.86. The molecule has 1 aliphatic heterocycles. The third-order valence-electron chi connectivity index (χ3n) is 4.77. The lowest BCUT2D eigenvalue weighted by Crippen LogP contribution is -2.32. The van der Waals surface area contributed by atoms with Gasteiger partial charge in [-0.25, -0.2) is 9.69 Å². The molecule has 3 aromatic carbocycles. The third kappa shape index (κ3) is 4.23. The fourth-order valence-electron chi connectivity index (χ4n) is 3.14. The van der Waals surface area contributed by atoms with Crippen LogP contribution in [0, 0.1) is 6.92 Å². The fraction of sp³-hybridized carbons (Fsp3) is 0.0417. The van der Waals surface area contributed by atoms with Crippen molar-refractivity contribution in [2.75, 3.05) is 10.2 Å². The molecule has 0 aromatic heterocycles. The molecule has 8 heteroatoms. The summed E-state index contributed by atoms with van der Waals surface area (Å²) >= 11 is 12.1. The zero-order valence-electron chi connectivity index (χ0n) is 16.8. The van der Waals surface area contributed by atoms with Crippen LogP contribution in [0.25, 0.3) is 0 Å². The van der Waals surface area contributed by atoms with Crippen molar-refractivity contribution in [3.63, 3.8) is 0 Å². The van der Waals surface area contributed by atoms with Crippen molar-refractivity contribution in [1.29, 1.82) is 0 Å². The number of carbonyl (C=O) groups excluding carboxylic acids is 3. The fourth-order valence-corrected chi connectivity index (χ4v) is 3.58. The van der Waals surface area contributed by atoms with Gasteiger partial charge in [-0.3, -0.25) is 9.59 Å². The predicted octanol–water partition coefficient (Wildman–Crippen LogP) is 5.30. The van der Waals surface area contributed by atoms with E-state index in [-0.39, 0.29) is 10.7 Å². The molecule has 2 amide bonds. The SMILES string of the molecule is Cc1cc(Cl)ccc1OC(=O)c1ccc(NC2=C(Cl)C(=O)N(c3ccccc3)C2=O)cc1. The van der Waals surface area contributed by atoms with Crippen LogP contribution in [0.4, 0.5) is 11.4 Å². The molecule has 0 atom stereocenters. The number of halogens is 2. The summed E-state index contributed by atoms with van der Waals surface area (Å²) in [5, 5.41) is 3.22. The zero-order chi connectivity index (χ0) is 22.8. The van der Waals surface area contributed by atoms with Gasteiger partial charge in [0.25, 0.3) is 11.8 Å². The summed E-state index contributed by atoms with van der Waals surface area (Å²) in [7, 11) is 0. The standard InChI is InChI=1S/C24H16Cl2N2O4/c1-14-13-16(25)9-12-19(14)32-24(31)15-7-10-17(11-8-15)27-21-20(26)22(29)28(23(21)30)18-5-3-2-4-6-18/h2-13,27H,1H3. The van der Waals surface area contributed by atoms with Crippen molar-refractivity contribution in [2.24, 2.45) is 0 Å². The van der Waals surface area contributed by atoms with Crippen LogP contribution in [0.5, 0.6) is 5.75 Å². The topological polar surface area (TPSA) is 75.7 Å². The number of para-hydroxylation sites is 1. The summed E-state index contributed by atoms with van der Waals surface area (Å²) in [5.74, 6) is -1.30. The molecule has 0 fully saturated rings. The van der Waals surface area contributed by atoms with Crippen LogP contribution in [0.15, 0.2) is 83.5 Å². The van der Waals surface area contributed by atoms with Gasteiger partial charge in [0.05, 0.1) is 11.3 Å². The van der Waals surface area contributed by atoms with Crippen molar-refractivity contribution < 1.29 is 19.1 Å². The van der Waals surface area contributed by atoms with Gasteiger partial charge in [-0.15, -0.1) is 0 Å². The summed E-state index contributed by atoms with van der Waals surface area (Å²) in [5.41, 5.74) is 1.91. The molecule has 6 nitrogen and oxygen atoms in total. The lowest BCUT2D eigenvalue weighted by Gasteiger charge is -2.15. The summed E-state index contributed by atoms with van der Waals surface area (Å²) in [6.07, 6.45) is 0. The molecule has 0 saturated carbocycles. The number of anilines is 2. The van der Waals surface area contributed by atoms with Crippen LogP contribution in [0.2, 0.25) is 5.02 Å². The number of aryl methyl sites for hydroxylation is 1. The van der Waals surface area contributed by atoms with E-state index in [9.17, 15) is 14.4 Å². The Labute approximate surface area is 194 Å². The average Bonchev–Trinajstić information content (AvgIpc) is 3.00. The third-order valence-corrected chi connectivity index (χ3v) is 5.36. The highest BCUT2D eigenvalue weighted by molar-refractivity contribution is 6.53. The number of rotatable bonds is 5. The number of nitrogens with zero attached hydrogens (tertiary/aromatic N) is 1. The molecule has 0 bridgehead atoms. The van der Waals surface area contributed by atoms with Crippen LogP contribution in [0.3, 0.4) is 0 Å². The van der Waals surface area contributed by atoms with E-state index in [1.807, 2.05) is 0 Å². The van der Waals surface area contributed by atoms with Crippen LogP contribution >= 0.6 is 23.2 Å². The lowest BCUT2D eigenvalue weighted by atomic mass is 10.2. The van der Waals surface area contributed by atoms with E-state index in [4.69, 9.17) is 27.9 Å². The van der Waals surface area contributed by atoms with Crippen molar-refractivity contribution in [3.8, 4) is 5.75 Å². The molecule has 0 spiro atoms. The van der Waals surface area contributed by atoms with Gasteiger partial charge in [-0.05, 0) is 67.1 Å². The molecule has 160 valence electrons. The molecule has 4 rings (SSSR count). The van der Waals surface area contributed by atoms with E-state index >= 15 is 0 Å². The molecule has 3 aromatic rings. The number of nitrogens with one attached hydrogen (secondary N) is 1. The molecular formula is C24H16Cl2N2O4. The number of carbonyl (C=O) groups is 3. The Morgan fingerprint density at radius 1 is 0.906 bits per heavy atom. The highest BCUT2D eigenvalue weighted by Crippen LogP contribution is 2.30. The molecule has 0 aliphatic carbocycles. The number of esters is 1. The predicted molar refractivity (Wildman–Crippen MR) is 123 cm³/mol. The Bertz CT molecular complexity index is 1250. The molecule has 0 unspecified atom stereocenters. The average molecular weight is 467 g/mol. The van der Waals surface area contributed by atoms with Crippen molar-refractivity contribution in [3.05, 3.63) is 99.7 Å². The minimum absolute atomic E-state index is 0.0346. The summed E-state index contributed by atoms with van der Waals surface area (Å²) in [6, 6.07) is 19.7. The van der Waals surface area contributed by atoms with Gasteiger partial charge < -0.3 is 10.1 Å². The molecular weight excluding hydrogens is 451 g/mol. The number of imide groups is 1. The molecule has 0 saturated heterocycles. The number of hydrogen-bond acceptors (Lipinski definition) is 5. The number of ether oxygens (including phenoxy) is 1. The minimum atomic E-state index is -0.608. The Balaban J connectivity index is 1.48. The van der Waals surface area contributed by atoms with E-state index in [1.54, 1.807) is 79.7 Å². The smallest absolute Gasteiger partial charge is 0.343 e. The Morgan fingerprint density at radius 3 is 2.25 bits per heavy atom. The normalized spacial score (nSPS) is 13.5. The second-order valence-electron chi connectivity index (χ2n) is 6.97. The Kier molecular flexibility index (Phi) is 5.99. The summed E-state index contributed by atoms with van der Waals surface area (Å²) in [6.45, 7) is 1.79. The first kappa shape index (κ1) is 21.6. The highest BCUT2D eigenvalue weighted by atomic mass is 35.5. The quantitative estimate of drug-likeness (QED) is 0.313. The minimum Gasteiger partial charge on any atom is -0.423 e. The van der Waals surface area contributed by atoms with Crippen molar-refractivity contribution in [1.82, 2.24) is 0 Å². The van der Waals surface area contributed by atoms with E-state index in [0.717, 1.165) is 10.5 Å². The molecule has 0 radical (unpaired) electrons. The summed E-state index contributed by atoms with van der Waals surface area (Å²) < 4.78 is 5.42. The Morgan fingerprint density at radius 2 is 1.59 bits per heavy atom. The van der Waals surface area contributed by atoms with Crippen LogP contribution in [-0.2, 0) is 9.59 Å². The van der Waals surface area contributed by atoms with E-state index < -0.39 is 17.8 Å². The van der Waals surface area contributed by atoms with E-state index in [1.165, 1.54) is 0 Å². The van der Waals surface area contributed by atoms with Gasteiger partial charge in [0.15, 0.2) is 0 Å². The second-order valence-corrected chi connectivity index (χ2v) is 7.79. The first-order chi connectivity index (χ1) is 15.3. The first-order valence-corrected chi connectivity index (χ1v) is 10.3.